The highest BCUT2D eigenvalue weighted by atomic mass is 16.5. The molecule has 0 saturated heterocycles. The fourth-order valence-electron chi connectivity index (χ4n) is 1.40. The number of ether oxygens (including phenoxy) is 1. The average molecular weight is 209 g/mol. The summed E-state index contributed by atoms with van der Waals surface area (Å²) in [6.07, 6.45) is 2.57. The molecule has 2 N–H and O–H groups in total. The number of nitrogens with zero attached hydrogens (tertiary/aromatic N) is 2. The summed E-state index contributed by atoms with van der Waals surface area (Å²) < 4.78 is 5.25. The fraction of sp³-hybridized carbons (Fsp3) is 0.636. The minimum absolute atomic E-state index is 0.00839. The maximum atomic E-state index is 5.78. The van der Waals surface area contributed by atoms with Crippen molar-refractivity contribution in [3.8, 4) is 0 Å². The first-order chi connectivity index (χ1) is 7.15. The fourth-order valence-corrected chi connectivity index (χ4v) is 1.40. The summed E-state index contributed by atoms with van der Waals surface area (Å²) in [5.74, 6) is 0.824. The van der Waals surface area contributed by atoms with E-state index in [0.717, 1.165) is 30.1 Å². The molecule has 0 spiro atoms. The van der Waals surface area contributed by atoms with Crippen LogP contribution in [-0.4, -0.2) is 23.2 Å². The maximum absolute atomic E-state index is 5.78. The summed E-state index contributed by atoms with van der Waals surface area (Å²) in [6.45, 7) is 7.28. The van der Waals surface area contributed by atoms with Gasteiger partial charge in [-0.3, -0.25) is 0 Å². The molecule has 1 aromatic heterocycles. The summed E-state index contributed by atoms with van der Waals surface area (Å²) in [7, 11) is 0. The predicted molar refractivity (Wildman–Crippen MR) is 59.6 cm³/mol. The van der Waals surface area contributed by atoms with Crippen LogP contribution in [0.3, 0.4) is 0 Å². The van der Waals surface area contributed by atoms with Crippen LogP contribution in [0.5, 0.6) is 0 Å². The number of aryl methyl sites for hydroxylation is 1. The van der Waals surface area contributed by atoms with Gasteiger partial charge < -0.3 is 10.5 Å². The zero-order valence-corrected chi connectivity index (χ0v) is 9.66. The Morgan fingerprint density at radius 1 is 1.53 bits per heavy atom. The molecule has 0 bridgehead atoms. The summed E-state index contributed by atoms with van der Waals surface area (Å²) >= 11 is 0. The van der Waals surface area contributed by atoms with Crippen molar-refractivity contribution < 1.29 is 4.74 Å². The molecule has 1 heterocycles. The molecule has 0 aliphatic rings. The Bertz CT molecular complexity index is 313. The van der Waals surface area contributed by atoms with E-state index in [1.54, 1.807) is 0 Å². The minimum Gasteiger partial charge on any atom is -0.381 e. The molecule has 0 saturated carbocycles. The lowest BCUT2D eigenvalue weighted by molar-refractivity contribution is 0.149. The van der Waals surface area contributed by atoms with Gasteiger partial charge in [-0.1, -0.05) is 0 Å². The molecular weight excluding hydrogens is 190 g/mol. The van der Waals surface area contributed by atoms with Gasteiger partial charge in [0.05, 0.1) is 6.61 Å². The van der Waals surface area contributed by atoms with Crippen molar-refractivity contribution in [1.29, 1.82) is 0 Å². The van der Waals surface area contributed by atoms with Gasteiger partial charge in [0.15, 0.2) is 0 Å². The van der Waals surface area contributed by atoms with Crippen molar-refractivity contribution in [3.63, 3.8) is 0 Å². The summed E-state index contributed by atoms with van der Waals surface area (Å²) in [4.78, 5) is 8.66. The van der Waals surface area contributed by atoms with Crippen LogP contribution in [0.1, 0.15) is 37.0 Å². The van der Waals surface area contributed by atoms with Crippen LogP contribution in [0.15, 0.2) is 6.20 Å². The van der Waals surface area contributed by atoms with E-state index in [1.165, 1.54) is 0 Å². The lowest BCUT2D eigenvalue weighted by Crippen LogP contribution is -2.11. The Hall–Kier alpha value is -1.00. The summed E-state index contributed by atoms with van der Waals surface area (Å²) in [5.41, 5.74) is 7.76. The average Bonchev–Trinajstić information content (AvgIpc) is 2.17. The van der Waals surface area contributed by atoms with Crippen molar-refractivity contribution in [3.05, 3.63) is 23.3 Å². The molecular formula is C11H19N3O. The molecule has 0 unspecified atom stereocenters. The van der Waals surface area contributed by atoms with E-state index in [1.807, 2.05) is 27.0 Å². The second-order valence-electron chi connectivity index (χ2n) is 3.56. The molecule has 0 aliphatic carbocycles. The highest BCUT2D eigenvalue weighted by Gasteiger charge is 2.06. The van der Waals surface area contributed by atoms with Gasteiger partial charge in [-0.2, -0.15) is 0 Å². The summed E-state index contributed by atoms with van der Waals surface area (Å²) in [6, 6.07) is -0.00839. The highest BCUT2D eigenvalue weighted by molar-refractivity contribution is 5.19. The first-order valence-corrected chi connectivity index (χ1v) is 5.31. The summed E-state index contributed by atoms with van der Waals surface area (Å²) in [5, 5.41) is 0. The van der Waals surface area contributed by atoms with Crippen LogP contribution in [0.2, 0.25) is 0 Å². The standard InChI is InChI=1S/C11H19N3O/c1-4-15-6-5-11-13-7-10(8(2)12)9(3)14-11/h7-8H,4-6,12H2,1-3H3/t8-/m0/s1. The first-order valence-electron chi connectivity index (χ1n) is 5.31. The van der Waals surface area contributed by atoms with Crippen LogP contribution in [0.25, 0.3) is 0 Å². The van der Waals surface area contributed by atoms with E-state index in [-0.39, 0.29) is 6.04 Å². The number of rotatable bonds is 5. The van der Waals surface area contributed by atoms with Crippen molar-refractivity contribution in [2.24, 2.45) is 5.73 Å². The Labute approximate surface area is 90.9 Å². The zero-order chi connectivity index (χ0) is 11.3. The first kappa shape index (κ1) is 12.1. The number of nitrogens with two attached hydrogens (primary N) is 1. The Morgan fingerprint density at radius 2 is 2.27 bits per heavy atom. The van der Waals surface area contributed by atoms with E-state index in [4.69, 9.17) is 10.5 Å². The highest BCUT2D eigenvalue weighted by Crippen LogP contribution is 2.11. The van der Waals surface area contributed by atoms with Crippen LogP contribution in [0.4, 0.5) is 0 Å². The number of hydrogen-bond acceptors (Lipinski definition) is 4. The van der Waals surface area contributed by atoms with E-state index in [2.05, 4.69) is 9.97 Å². The second-order valence-corrected chi connectivity index (χ2v) is 3.56. The largest absolute Gasteiger partial charge is 0.381 e. The van der Waals surface area contributed by atoms with Crippen LogP contribution < -0.4 is 5.73 Å². The van der Waals surface area contributed by atoms with Crippen LogP contribution in [-0.2, 0) is 11.2 Å². The molecule has 84 valence electrons. The van der Waals surface area contributed by atoms with Crippen LogP contribution >= 0.6 is 0 Å². The molecule has 4 nitrogen and oxygen atoms in total. The van der Waals surface area contributed by atoms with Crippen molar-refractivity contribution in [2.75, 3.05) is 13.2 Å². The Kier molecular flexibility index (Phi) is 4.65. The smallest absolute Gasteiger partial charge is 0.130 e. The molecule has 1 atom stereocenters. The van der Waals surface area contributed by atoms with E-state index in [9.17, 15) is 0 Å². The SMILES string of the molecule is CCOCCc1ncc([C@H](C)N)c(C)n1. The molecule has 0 radical (unpaired) electrons. The molecule has 0 aromatic carbocycles. The Morgan fingerprint density at radius 3 is 2.80 bits per heavy atom. The zero-order valence-electron chi connectivity index (χ0n) is 9.66. The second kappa shape index (κ2) is 5.78. The van der Waals surface area contributed by atoms with Gasteiger partial charge in [0, 0.05) is 36.5 Å². The van der Waals surface area contributed by atoms with Gasteiger partial charge in [-0.25, -0.2) is 9.97 Å². The van der Waals surface area contributed by atoms with Gasteiger partial charge in [-0.15, -0.1) is 0 Å². The molecule has 1 aromatic rings. The van der Waals surface area contributed by atoms with Gasteiger partial charge in [0.2, 0.25) is 0 Å². The molecule has 1 rings (SSSR count). The maximum Gasteiger partial charge on any atom is 0.130 e. The predicted octanol–water partition coefficient (Wildman–Crippen LogP) is 1.38. The van der Waals surface area contributed by atoms with E-state index in [0.29, 0.717) is 6.61 Å². The number of aromatic nitrogens is 2. The molecule has 4 heteroatoms. The van der Waals surface area contributed by atoms with Crippen molar-refractivity contribution in [2.45, 2.75) is 33.2 Å². The third-order valence-corrected chi connectivity index (χ3v) is 2.23. The van der Waals surface area contributed by atoms with E-state index >= 15 is 0 Å². The lowest BCUT2D eigenvalue weighted by Gasteiger charge is -2.09. The van der Waals surface area contributed by atoms with Crippen molar-refractivity contribution >= 4 is 0 Å². The van der Waals surface area contributed by atoms with Gasteiger partial charge in [0.1, 0.15) is 5.82 Å². The lowest BCUT2D eigenvalue weighted by atomic mass is 10.1. The van der Waals surface area contributed by atoms with Crippen LogP contribution in [0, 0.1) is 6.92 Å². The molecule has 0 amide bonds. The quantitative estimate of drug-likeness (QED) is 0.744. The van der Waals surface area contributed by atoms with Gasteiger partial charge in [-0.05, 0) is 20.8 Å². The van der Waals surface area contributed by atoms with E-state index < -0.39 is 0 Å². The monoisotopic (exact) mass is 209 g/mol. The molecule has 0 aliphatic heterocycles. The molecule has 0 fully saturated rings. The third-order valence-electron chi connectivity index (χ3n) is 2.23. The normalized spacial score (nSPS) is 12.8. The Balaban J connectivity index is 2.65. The van der Waals surface area contributed by atoms with Crippen molar-refractivity contribution in [1.82, 2.24) is 9.97 Å². The molecule has 15 heavy (non-hydrogen) atoms. The topological polar surface area (TPSA) is 61.0 Å². The minimum atomic E-state index is -0.00839. The van der Waals surface area contributed by atoms with Gasteiger partial charge in [0.25, 0.3) is 0 Å². The van der Waals surface area contributed by atoms with Gasteiger partial charge >= 0.3 is 0 Å². The number of hydrogen-bond donors (Lipinski definition) is 1. The third kappa shape index (κ3) is 3.57.